The van der Waals surface area contributed by atoms with E-state index in [4.69, 9.17) is 10.2 Å². The standard InChI is InChI=1S/C11H10O3/c1-8-7-10(11(13)14)5-4-9(8)3-2-6-12/h4-5,7,12H,6H2,1H3,(H,13,14). The number of aliphatic hydroxyl groups is 1. The molecule has 0 heterocycles. The molecule has 0 fully saturated rings. The third kappa shape index (κ3) is 2.35. The molecule has 0 saturated carbocycles. The number of carboxylic acid groups (broad SMARTS) is 1. The summed E-state index contributed by atoms with van der Waals surface area (Å²) in [5.41, 5.74) is 1.78. The van der Waals surface area contributed by atoms with Gasteiger partial charge in [0.05, 0.1) is 5.56 Å². The zero-order chi connectivity index (χ0) is 10.6. The van der Waals surface area contributed by atoms with Crippen LogP contribution in [0.25, 0.3) is 0 Å². The van der Waals surface area contributed by atoms with Crippen molar-refractivity contribution in [3.8, 4) is 11.8 Å². The van der Waals surface area contributed by atoms with Crippen molar-refractivity contribution in [3.63, 3.8) is 0 Å². The number of hydrogen-bond acceptors (Lipinski definition) is 2. The van der Waals surface area contributed by atoms with Gasteiger partial charge in [0.15, 0.2) is 0 Å². The van der Waals surface area contributed by atoms with Crippen molar-refractivity contribution >= 4 is 5.97 Å². The van der Waals surface area contributed by atoms with E-state index in [9.17, 15) is 4.79 Å². The molecule has 0 bridgehead atoms. The van der Waals surface area contributed by atoms with Crippen molar-refractivity contribution in [3.05, 3.63) is 34.9 Å². The Balaban J connectivity index is 3.07. The van der Waals surface area contributed by atoms with Gasteiger partial charge >= 0.3 is 5.97 Å². The summed E-state index contributed by atoms with van der Waals surface area (Å²) >= 11 is 0. The van der Waals surface area contributed by atoms with E-state index in [1.165, 1.54) is 6.07 Å². The van der Waals surface area contributed by atoms with E-state index in [1.54, 1.807) is 19.1 Å². The second-order valence-electron chi connectivity index (χ2n) is 2.79. The molecule has 3 heteroatoms. The van der Waals surface area contributed by atoms with Crippen LogP contribution < -0.4 is 0 Å². The highest BCUT2D eigenvalue weighted by Gasteiger charge is 2.03. The average Bonchev–Trinajstić information content (AvgIpc) is 2.15. The normalized spacial score (nSPS) is 9.00. The molecule has 2 N–H and O–H groups in total. The molecule has 0 amide bonds. The second-order valence-corrected chi connectivity index (χ2v) is 2.79. The molecule has 0 saturated heterocycles. The predicted molar refractivity (Wildman–Crippen MR) is 52.1 cm³/mol. The van der Waals surface area contributed by atoms with Gasteiger partial charge in [-0.1, -0.05) is 11.8 Å². The molecule has 14 heavy (non-hydrogen) atoms. The third-order valence-corrected chi connectivity index (χ3v) is 1.78. The summed E-state index contributed by atoms with van der Waals surface area (Å²) in [6, 6.07) is 4.70. The van der Waals surface area contributed by atoms with Gasteiger partial charge in [-0.25, -0.2) is 4.79 Å². The van der Waals surface area contributed by atoms with Crippen LogP contribution in [0.3, 0.4) is 0 Å². The SMILES string of the molecule is Cc1cc(C(=O)O)ccc1C#CCO. The van der Waals surface area contributed by atoms with E-state index in [2.05, 4.69) is 11.8 Å². The lowest BCUT2D eigenvalue weighted by molar-refractivity contribution is 0.0697. The van der Waals surface area contributed by atoms with Gasteiger partial charge in [-0.15, -0.1) is 0 Å². The largest absolute Gasteiger partial charge is 0.478 e. The summed E-state index contributed by atoms with van der Waals surface area (Å²) in [6.07, 6.45) is 0. The number of carboxylic acids is 1. The molecule has 0 aliphatic rings. The Morgan fingerprint density at radius 3 is 2.71 bits per heavy atom. The van der Waals surface area contributed by atoms with Crippen LogP contribution in [0.4, 0.5) is 0 Å². The van der Waals surface area contributed by atoms with Crippen LogP contribution >= 0.6 is 0 Å². The van der Waals surface area contributed by atoms with Gasteiger partial charge in [0, 0.05) is 5.56 Å². The maximum Gasteiger partial charge on any atom is 0.335 e. The first kappa shape index (κ1) is 10.3. The quantitative estimate of drug-likeness (QED) is 0.650. The predicted octanol–water partition coefficient (Wildman–Crippen LogP) is 1.04. The summed E-state index contributed by atoms with van der Waals surface area (Å²) < 4.78 is 0. The Morgan fingerprint density at radius 2 is 2.21 bits per heavy atom. The molecule has 0 aliphatic carbocycles. The second kappa shape index (κ2) is 4.45. The summed E-state index contributed by atoms with van der Waals surface area (Å²) in [7, 11) is 0. The van der Waals surface area contributed by atoms with Crippen LogP contribution in [-0.2, 0) is 0 Å². The molecule has 0 aromatic heterocycles. The maximum atomic E-state index is 10.6. The van der Waals surface area contributed by atoms with E-state index < -0.39 is 5.97 Å². The first-order valence-electron chi connectivity index (χ1n) is 4.09. The molecular weight excluding hydrogens is 180 g/mol. The highest BCUT2D eigenvalue weighted by Crippen LogP contribution is 2.09. The molecule has 1 aromatic carbocycles. The molecule has 0 aliphatic heterocycles. The Kier molecular flexibility index (Phi) is 3.27. The van der Waals surface area contributed by atoms with Crippen LogP contribution in [0.2, 0.25) is 0 Å². The number of aliphatic hydroxyl groups excluding tert-OH is 1. The van der Waals surface area contributed by atoms with E-state index in [1.807, 2.05) is 0 Å². The number of carbonyl (C=O) groups is 1. The molecule has 1 aromatic rings. The van der Waals surface area contributed by atoms with Crippen LogP contribution in [0.1, 0.15) is 21.5 Å². The maximum absolute atomic E-state index is 10.6. The minimum absolute atomic E-state index is 0.194. The Morgan fingerprint density at radius 1 is 1.50 bits per heavy atom. The van der Waals surface area contributed by atoms with Crippen molar-refractivity contribution in [2.24, 2.45) is 0 Å². The first-order chi connectivity index (χ1) is 6.65. The average molecular weight is 190 g/mol. The van der Waals surface area contributed by atoms with Crippen molar-refractivity contribution < 1.29 is 15.0 Å². The molecule has 0 spiro atoms. The Hall–Kier alpha value is -1.79. The minimum Gasteiger partial charge on any atom is -0.478 e. The highest BCUT2D eigenvalue weighted by molar-refractivity contribution is 5.88. The number of aryl methyl sites for hydroxylation is 1. The van der Waals surface area contributed by atoms with Crippen LogP contribution in [-0.4, -0.2) is 22.8 Å². The monoisotopic (exact) mass is 190 g/mol. The lowest BCUT2D eigenvalue weighted by Crippen LogP contribution is -1.97. The number of aromatic carboxylic acids is 1. The lowest BCUT2D eigenvalue weighted by atomic mass is 10.1. The molecule has 72 valence electrons. The van der Waals surface area contributed by atoms with Crippen LogP contribution in [0, 0.1) is 18.8 Å². The summed E-state index contributed by atoms with van der Waals surface area (Å²) in [5.74, 6) is 4.30. The third-order valence-electron chi connectivity index (χ3n) is 1.78. The Labute approximate surface area is 82.0 Å². The number of benzene rings is 1. The van der Waals surface area contributed by atoms with E-state index in [0.29, 0.717) is 0 Å². The number of rotatable bonds is 1. The van der Waals surface area contributed by atoms with Gasteiger partial charge in [-0.05, 0) is 30.7 Å². The number of hydrogen-bond donors (Lipinski definition) is 2. The summed E-state index contributed by atoms with van der Waals surface area (Å²) in [6.45, 7) is 1.59. The zero-order valence-corrected chi connectivity index (χ0v) is 7.74. The van der Waals surface area contributed by atoms with Crippen molar-refractivity contribution in [1.82, 2.24) is 0 Å². The molecule has 3 nitrogen and oxygen atoms in total. The Bertz CT molecular complexity index is 410. The fraction of sp³-hybridized carbons (Fsp3) is 0.182. The first-order valence-corrected chi connectivity index (χ1v) is 4.09. The summed E-state index contributed by atoms with van der Waals surface area (Å²) in [5, 5.41) is 17.2. The topological polar surface area (TPSA) is 57.5 Å². The molecule has 1 rings (SSSR count). The molecule has 0 atom stereocenters. The van der Waals surface area contributed by atoms with E-state index >= 15 is 0 Å². The van der Waals surface area contributed by atoms with Crippen LogP contribution in [0.15, 0.2) is 18.2 Å². The lowest BCUT2D eigenvalue weighted by Gasteiger charge is -1.99. The van der Waals surface area contributed by atoms with Gasteiger partial charge in [0.1, 0.15) is 6.61 Å². The smallest absolute Gasteiger partial charge is 0.335 e. The molecular formula is C11H10O3. The van der Waals surface area contributed by atoms with Gasteiger partial charge in [0.2, 0.25) is 0 Å². The van der Waals surface area contributed by atoms with Gasteiger partial charge in [-0.2, -0.15) is 0 Å². The summed E-state index contributed by atoms with van der Waals surface area (Å²) in [4.78, 5) is 10.6. The minimum atomic E-state index is -0.949. The van der Waals surface area contributed by atoms with Gasteiger partial charge in [-0.3, -0.25) is 0 Å². The molecule has 0 radical (unpaired) electrons. The zero-order valence-electron chi connectivity index (χ0n) is 7.74. The van der Waals surface area contributed by atoms with E-state index in [-0.39, 0.29) is 12.2 Å². The van der Waals surface area contributed by atoms with Crippen molar-refractivity contribution in [1.29, 1.82) is 0 Å². The highest BCUT2D eigenvalue weighted by atomic mass is 16.4. The van der Waals surface area contributed by atoms with E-state index in [0.717, 1.165) is 11.1 Å². The van der Waals surface area contributed by atoms with Gasteiger partial charge < -0.3 is 10.2 Å². The van der Waals surface area contributed by atoms with Gasteiger partial charge in [0.25, 0.3) is 0 Å². The fourth-order valence-electron chi connectivity index (χ4n) is 1.07. The fourth-order valence-corrected chi connectivity index (χ4v) is 1.07. The van der Waals surface area contributed by atoms with Crippen molar-refractivity contribution in [2.45, 2.75) is 6.92 Å². The van der Waals surface area contributed by atoms with Crippen molar-refractivity contribution in [2.75, 3.05) is 6.61 Å². The molecule has 0 unspecified atom stereocenters. The van der Waals surface area contributed by atoms with Crippen LogP contribution in [0.5, 0.6) is 0 Å².